The molecule has 1 N–H and O–H groups in total. The molecule has 3 heteroatoms. The van der Waals surface area contributed by atoms with E-state index in [-0.39, 0.29) is 45.0 Å². The highest BCUT2D eigenvalue weighted by Crippen LogP contribution is 2.75. The Morgan fingerprint density at radius 3 is 2.26 bits per heavy atom. The van der Waals surface area contributed by atoms with Crippen molar-refractivity contribution in [1.29, 1.82) is 0 Å². The molecule has 0 aliphatic heterocycles. The van der Waals surface area contributed by atoms with E-state index in [1.54, 1.807) is 0 Å². The van der Waals surface area contributed by atoms with Crippen LogP contribution < -0.4 is 0 Å². The summed E-state index contributed by atoms with van der Waals surface area (Å²) in [6.45, 7) is 16.6. The third-order valence-corrected chi connectivity index (χ3v) is 12.9. The molecule has 0 aromatic rings. The molecule has 0 bridgehead atoms. The van der Waals surface area contributed by atoms with Gasteiger partial charge in [0.25, 0.3) is 0 Å². The van der Waals surface area contributed by atoms with E-state index in [1.165, 1.54) is 12.0 Å². The molecule has 5 aliphatic rings. The molecule has 34 heavy (non-hydrogen) atoms. The molecule has 7 atom stereocenters. The summed E-state index contributed by atoms with van der Waals surface area (Å²) in [4.78, 5) is 27.2. The molecule has 5 rings (SSSR count). The molecule has 190 valence electrons. The molecule has 0 heterocycles. The van der Waals surface area contributed by atoms with Gasteiger partial charge in [-0.25, -0.2) is 0 Å². The molecular formula is C31H48O3. The van der Waals surface area contributed by atoms with E-state index in [4.69, 9.17) is 0 Å². The second-order valence-electron chi connectivity index (χ2n) is 15.2. The maximum absolute atomic E-state index is 14.3. The normalized spacial score (nSPS) is 49.3. The van der Waals surface area contributed by atoms with E-state index in [2.05, 4.69) is 54.5 Å². The quantitative estimate of drug-likeness (QED) is 0.478. The SMILES string of the molecule is CC1(C)CC[C@]2(CCO)CC[C@]3(C)[C@H](C(=O)C=C4[C@@]5(C)CCC(=O)C(C)(C)[C@@H]5CC[C@]43C)[C@@H]2C1. The van der Waals surface area contributed by atoms with Crippen LogP contribution in [0.4, 0.5) is 0 Å². The van der Waals surface area contributed by atoms with Gasteiger partial charge in [-0.05, 0) is 103 Å². The number of carbonyl (C=O) groups excluding carboxylic acids is 2. The number of hydrogen-bond donors (Lipinski definition) is 1. The van der Waals surface area contributed by atoms with Gasteiger partial charge in [0.2, 0.25) is 0 Å². The van der Waals surface area contributed by atoms with Crippen LogP contribution in [0.5, 0.6) is 0 Å². The minimum absolute atomic E-state index is 0.000257. The van der Waals surface area contributed by atoms with Gasteiger partial charge in [0.1, 0.15) is 5.78 Å². The van der Waals surface area contributed by atoms with Crippen LogP contribution in [0.25, 0.3) is 0 Å². The van der Waals surface area contributed by atoms with Crippen molar-refractivity contribution in [2.45, 2.75) is 113 Å². The first-order valence-corrected chi connectivity index (χ1v) is 14.1. The van der Waals surface area contributed by atoms with Crippen LogP contribution in [0, 0.1) is 50.2 Å². The average Bonchev–Trinajstić information content (AvgIpc) is 2.74. The van der Waals surface area contributed by atoms with Gasteiger partial charge >= 0.3 is 0 Å². The lowest BCUT2D eigenvalue weighted by Crippen LogP contribution is -2.65. The molecular weight excluding hydrogens is 420 g/mol. The van der Waals surface area contributed by atoms with Crippen LogP contribution >= 0.6 is 0 Å². The van der Waals surface area contributed by atoms with Gasteiger partial charge in [-0.3, -0.25) is 9.59 Å². The number of rotatable bonds is 2. The summed E-state index contributed by atoms with van der Waals surface area (Å²) in [5.74, 6) is 1.50. The lowest BCUT2D eigenvalue weighted by Gasteiger charge is -2.70. The molecule has 0 saturated heterocycles. The van der Waals surface area contributed by atoms with Crippen molar-refractivity contribution in [3.63, 3.8) is 0 Å². The summed E-state index contributed by atoms with van der Waals surface area (Å²) >= 11 is 0. The van der Waals surface area contributed by atoms with E-state index in [0.717, 1.165) is 51.4 Å². The van der Waals surface area contributed by atoms with Gasteiger partial charge in [-0.15, -0.1) is 0 Å². The highest BCUT2D eigenvalue weighted by Gasteiger charge is 2.69. The van der Waals surface area contributed by atoms with E-state index in [1.807, 2.05) is 0 Å². The largest absolute Gasteiger partial charge is 0.396 e. The molecule has 0 aromatic carbocycles. The summed E-state index contributed by atoms with van der Waals surface area (Å²) in [6, 6.07) is 0. The van der Waals surface area contributed by atoms with E-state index >= 15 is 0 Å². The first-order chi connectivity index (χ1) is 15.7. The second-order valence-corrected chi connectivity index (χ2v) is 15.2. The first-order valence-electron chi connectivity index (χ1n) is 14.1. The molecule has 4 saturated carbocycles. The Labute approximate surface area is 207 Å². The maximum atomic E-state index is 14.3. The van der Waals surface area contributed by atoms with Crippen LogP contribution in [0.2, 0.25) is 0 Å². The van der Waals surface area contributed by atoms with Crippen molar-refractivity contribution >= 4 is 11.6 Å². The topological polar surface area (TPSA) is 54.4 Å². The zero-order chi connectivity index (χ0) is 24.9. The molecule has 0 unspecified atom stereocenters. The number of fused-ring (bicyclic) bond motifs is 7. The van der Waals surface area contributed by atoms with Crippen LogP contribution in [-0.4, -0.2) is 23.3 Å². The molecule has 3 nitrogen and oxygen atoms in total. The monoisotopic (exact) mass is 468 g/mol. The summed E-state index contributed by atoms with van der Waals surface area (Å²) in [7, 11) is 0. The number of carbonyl (C=O) groups is 2. The Morgan fingerprint density at radius 2 is 1.59 bits per heavy atom. The minimum atomic E-state index is -0.313. The summed E-state index contributed by atoms with van der Waals surface area (Å²) < 4.78 is 0. The number of hydrogen-bond acceptors (Lipinski definition) is 3. The fourth-order valence-electron chi connectivity index (χ4n) is 10.6. The van der Waals surface area contributed by atoms with Crippen molar-refractivity contribution in [2.24, 2.45) is 50.2 Å². The van der Waals surface area contributed by atoms with Crippen LogP contribution in [-0.2, 0) is 9.59 Å². The fourth-order valence-corrected chi connectivity index (χ4v) is 10.6. The Kier molecular flexibility index (Phi) is 5.31. The van der Waals surface area contributed by atoms with Gasteiger partial charge in [-0.1, -0.05) is 54.0 Å². The predicted molar refractivity (Wildman–Crippen MR) is 136 cm³/mol. The fraction of sp³-hybridized carbons (Fsp3) is 0.871. The number of ketones is 2. The number of aliphatic hydroxyl groups excluding tert-OH is 1. The maximum Gasteiger partial charge on any atom is 0.159 e. The zero-order valence-corrected chi connectivity index (χ0v) is 22.9. The molecule has 0 aromatic heterocycles. The smallest absolute Gasteiger partial charge is 0.159 e. The molecule has 4 fully saturated rings. The molecule has 0 spiro atoms. The summed E-state index contributed by atoms with van der Waals surface area (Å²) in [6.07, 6.45) is 12.3. The van der Waals surface area contributed by atoms with Crippen LogP contribution in [0.1, 0.15) is 113 Å². The van der Waals surface area contributed by atoms with E-state index in [0.29, 0.717) is 29.8 Å². The first kappa shape index (κ1) is 24.7. The van der Waals surface area contributed by atoms with E-state index < -0.39 is 0 Å². The second kappa shape index (κ2) is 7.30. The average molecular weight is 469 g/mol. The van der Waals surface area contributed by atoms with Crippen molar-refractivity contribution in [2.75, 3.05) is 6.61 Å². The molecule has 0 amide bonds. The number of Topliss-reactive ketones (excluding diaryl/α,β-unsaturated/α-hetero) is 1. The van der Waals surface area contributed by atoms with Gasteiger partial charge in [0, 0.05) is 24.4 Å². The predicted octanol–water partition coefficient (Wildman–Crippen LogP) is 6.92. The lowest BCUT2D eigenvalue weighted by molar-refractivity contribution is -0.178. The molecule has 0 radical (unpaired) electrons. The Morgan fingerprint density at radius 1 is 0.912 bits per heavy atom. The third kappa shape index (κ3) is 2.97. The van der Waals surface area contributed by atoms with Gasteiger partial charge in [0.05, 0.1) is 0 Å². The number of aliphatic hydroxyl groups is 1. The van der Waals surface area contributed by atoms with Gasteiger partial charge in [0.15, 0.2) is 5.78 Å². The number of allylic oxidation sites excluding steroid dienone is 2. The lowest BCUT2D eigenvalue weighted by atomic mass is 9.33. The third-order valence-electron chi connectivity index (χ3n) is 12.9. The van der Waals surface area contributed by atoms with Gasteiger partial charge < -0.3 is 5.11 Å². The van der Waals surface area contributed by atoms with Crippen molar-refractivity contribution in [3.8, 4) is 0 Å². The Bertz CT molecular complexity index is 942. The Balaban J connectivity index is 1.63. The molecule has 5 aliphatic carbocycles. The minimum Gasteiger partial charge on any atom is -0.396 e. The van der Waals surface area contributed by atoms with E-state index in [9.17, 15) is 14.7 Å². The van der Waals surface area contributed by atoms with Crippen LogP contribution in [0.15, 0.2) is 11.6 Å². The summed E-state index contributed by atoms with van der Waals surface area (Å²) in [5.41, 5.74) is 1.32. The van der Waals surface area contributed by atoms with Crippen molar-refractivity contribution < 1.29 is 14.7 Å². The Hall–Kier alpha value is -0.960. The van der Waals surface area contributed by atoms with Crippen molar-refractivity contribution in [3.05, 3.63) is 11.6 Å². The standard InChI is InChI=1S/C31H48O3/c1-26(2)12-14-31(16-17-32)15-13-30(7)25(20(31)19-26)21(33)18-23-28(5)10-9-24(34)27(3,4)22(28)8-11-29(23,30)6/h18,20,22,25,32H,8-17,19H2,1-7H3/t20-,22-,25-,28-,29+,30+,31+/m0/s1. The highest BCUT2D eigenvalue weighted by atomic mass is 16.3. The summed E-state index contributed by atoms with van der Waals surface area (Å²) in [5, 5.41) is 10.1. The zero-order valence-electron chi connectivity index (χ0n) is 22.9. The highest BCUT2D eigenvalue weighted by molar-refractivity contribution is 5.96. The van der Waals surface area contributed by atoms with Gasteiger partial charge in [-0.2, -0.15) is 0 Å². The van der Waals surface area contributed by atoms with Crippen LogP contribution in [0.3, 0.4) is 0 Å². The van der Waals surface area contributed by atoms with Crippen molar-refractivity contribution in [1.82, 2.24) is 0 Å².